The van der Waals surface area contributed by atoms with Crippen molar-refractivity contribution in [3.05, 3.63) is 11.6 Å². The van der Waals surface area contributed by atoms with Gasteiger partial charge in [-0.2, -0.15) is 0 Å². The molecule has 84 valence electrons. The lowest BCUT2D eigenvalue weighted by atomic mass is 10.1. The van der Waals surface area contributed by atoms with E-state index in [0.29, 0.717) is 13.1 Å². The molecule has 1 N–H and O–H groups in total. The normalized spacial score (nSPS) is 22.4. The summed E-state index contributed by atoms with van der Waals surface area (Å²) in [6, 6.07) is 0. The third-order valence-electron chi connectivity index (χ3n) is 2.80. The number of carboxylic acid groups (broad SMARTS) is 1. The summed E-state index contributed by atoms with van der Waals surface area (Å²) in [6.07, 6.45) is 1.32. The van der Waals surface area contributed by atoms with E-state index in [9.17, 15) is 4.79 Å². The first-order valence-electron chi connectivity index (χ1n) is 5.21. The molecule has 0 bridgehead atoms. The number of morpholine rings is 1. The van der Waals surface area contributed by atoms with Gasteiger partial charge in [-0.15, -0.1) is 0 Å². The molecule has 0 saturated carbocycles. The van der Waals surface area contributed by atoms with Crippen LogP contribution in [0.3, 0.4) is 0 Å². The lowest BCUT2D eigenvalue weighted by Gasteiger charge is -2.32. The van der Waals surface area contributed by atoms with Crippen LogP contribution in [0.2, 0.25) is 0 Å². The Kier molecular flexibility index (Phi) is 3.23. The fraction of sp³-hybridized carbons (Fsp3) is 0.700. The Morgan fingerprint density at radius 2 is 2.07 bits per heavy atom. The second-order valence-electron chi connectivity index (χ2n) is 3.91. The minimum Gasteiger partial charge on any atom is -0.465 e. The summed E-state index contributed by atoms with van der Waals surface area (Å²) in [7, 11) is 0. The third-order valence-corrected chi connectivity index (χ3v) is 2.80. The topological polar surface area (TPSA) is 53.0 Å². The predicted molar refractivity (Wildman–Crippen MR) is 54.9 cm³/mol. The molecule has 0 aromatic rings. The molecule has 5 heteroatoms. The van der Waals surface area contributed by atoms with E-state index >= 15 is 0 Å². The van der Waals surface area contributed by atoms with Crippen LogP contribution in [0, 0.1) is 0 Å². The van der Waals surface area contributed by atoms with Gasteiger partial charge in [-0.1, -0.05) is 6.08 Å². The van der Waals surface area contributed by atoms with Gasteiger partial charge in [-0.25, -0.2) is 4.79 Å². The van der Waals surface area contributed by atoms with Crippen molar-refractivity contribution in [1.29, 1.82) is 0 Å². The quantitative estimate of drug-likeness (QED) is 0.666. The van der Waals surface area contributed by atoms with Gasteiger partial charge in [0.2, 0.25) is 0 Å². The van der Waals surface area contributed by atoms with Crippen molar-refractivity contribution in [2.24, 2.45) is 0 Å². The number of ether oxygens (including phenoxy) is 1. The van der Waals surface area contributed by atoms with Crippen LogP contribution >= 0.6 is 0 Å². The average molecular weight is 212 g/mol. The first kappa shape index (κ1) is 10.4. The van der Waals surface area contributed by atoms with E-state index in [-0.39, 0.29) is 0 Å². The number of rotatable bonds is 2. The second kappa shape index (κ2) is 4.63. The first-order valence-corrected chi connectivity index (χ1v) is 5.21. The SMILES string of the molecule is O=C(O)N1CC(=CCN2CCOCC2)C1. The van der Waals surface area contributed by atoms with Crippen LogP contribution in [0.1, 0.15) is 0 Å². The standard InChI is InChI=1S/C10H16N2O3/c13-10(14)12-7-9(8-12)1-2-11-3-5-15-6-4-11/h1H,2-8H2,(H,13,14). The molecule has 0 radical (unpaired) electrons. The van der Waals surface area contributed by atoms with Gasteiger partial charge in [0, 0.05) is 32.7 Å². The monoisotopic (exact) mass is 212 g/mol. The Hall–Kier alpha value is -1.07. The van der Waals surface area contributed by atoms with Gasteiger partial charge in [0.05, 0.1) is 13.2 Å². The number of likely N-dealkylation sites (tertiary alicyclic amines) is 1. The van der Waals surface area contributed by atoms with Crippen molar-refractivity contribution >= 4 is 6.09 Å². The number of carbonyl (C=O) groups is 1. The largest absolute Gasteiger partial charge is 0.465 e. The predicted octanol–water partition coefficient (Wildman–Crippen LogP) is 0.239. The molecule has 2 rings (SSSR count). The Bertz CT molecular complexity index is 264. The summed E-state index contributed by atoms with van der Waals surface area (Å²) in [5, 5.41) is 8.64. The van der Waals surface area contributed by atoms with Crippen LogP contribution in [-0.2, 0) is 4.74 Å². The Labute approximate surface area is 88.9 Å². The molecule has 0 unspecified atom stereocenters. The third kappa shape index (κ3) is 2.70. The van der Waals surface area contributed by atoms with Gasteiger partial charge < -0.3 is 14.7 Å². The molecule has 2 heterocycles. The van der Waals surface area contributed by atoms with E-state index in [4.69, 9.17) is 9.84 Å². The van der Waals surface area contributed by atoms with E-state index < -0.39 is 6.09 Å². The smallest absolute Gasteiger partial charge is 0.407 e. The fourth-order valence-corrected chi connectivity index (χ4v) is 1.75. The van der Waals surface area contributed by atoms with E-state index in [1.54, 1.807) is 0 Å². The first-order chi connectivity index (χ1) is 7.25. The minimum atomic E-state index is -0.821. The van der Waals surface area contributed by atoms with Crippen molar-refractivity contribution in [3.63, 3.8) is 0 Å². The lowest BCUT2D eigenvalue weighted by molar-refractivity contribution is 0.0431. The van der Waals surface area contributed by atoms with E-state index in [0.717, 1.165) is 32.8 Å². The van der Waals surface area contributed by atoms with Gasteiger partial charge >= 0.3 is 6.09 Å². The maximum Gasteiger partial charge on any atom is 0.407 e. The van der Waals surface area contributed by atoms with Crippen LogP contribution < -0.4 is 0 Å². The molecule has 5 nitrogen and oxygen atoms in total. The average Bonchev–Trinajstić information content (AvgIpc) is 2.16. The number of amides is 1. The molecular weight excluding hydrogens is 196 g/mol. The zero-order chi connectivity index (χ0) is 10.7. The molecule has 2 aliphatic heterocycles. The molecule has 2 saturated heterocycles. The van der Waals surface area contributed by atoms with E-state index in [1.807, 2.05) is 0 Å². The Balaban J connectivity index is 1.69. The van der Waals surface area contributed by atoms with Crippen molar-refractivity contribution < 1.29 is 14.6 Å². The molecular formula is C10H16N2O3. The summed E-state index contributed by atoms with van der Waals surface area (Å²) < 4.78 is 5.25. The van der Waals surface area contributed by atoms with Crippen molar-refractivity contribution in [1.82, 2.24) is 9.80 Å². The van der Waals surface area contributed by atoms with Crippen molar-refractivity contribution in [2.75, 3.05) is 45.9 Å². The molecule has 1 amide bonds. The molecule has 2 fully saturated rings. The molecule has 15 heavy (non-hydrogen) atoms. The second-order valence-corrected chi connectivity index (χ2v) is 3.91. The maximum atomic E-state index is 10.5. The summed E-state index contributed by atoms with van der Waals surface area (Å²) in [6.45, 7) is 5.67. The van der Waals surface area contributed by atoms with Gasteiger partial charge in [-0.3, -0.25) is 4.90 Å². The number of hydrogen-bond donors (Lipinski definition) is 1. The van der Waals surface area contributed by atoms with Crippen LogP contribution in [-0.4, -0.2) is 66.9 Å². The van der Waals surface area contributed by atoms with Gasteiger partial charge in [0.1, 0.15) is 0 Å². The van der Waals surface area contributed by atoms with E-state index in [2.05, 4.69) is 11.0 Å². The van der Waals surface area contributed by atoms with E-state index in [1.165, 1.54) is 10.5 Å². The fourth-order valence-electron chi connectivity index (χ4n) is 1.75. The van der Waals surface area contributed by atoms with Crippen LogP contribution in [0.4, 0.5) is 4.79 Å². The highest BCUT2D eigenvalue weighted by Gasteiger charge is 2.24. The summed E-state index contributed by atoms with van der Waals surface area (Å²) in [4.78, 5) is 14.2. The molecule has 2 aliphatic rings. The maximum absolute atomic E-state index is 10.5. The molecule has 0 spiro atoms. The van der Waals surface area contributed by atoms with Gasteiger partial charge in [0.25, 0.3) is 0 Å². The number of hydrogen-bond acceptors (Lipinski definition) is 3. The highest BCUT2D eigenvalue weighted by atomic mass is 16.5. The minimum absolute atomic E-state index is 0.583. The molecule has 0 atom stereocenters. The van der Waals surface area contributed by atoms with Crippen molar-refractivity contribution in [3.8, 4) is 0 Å². The molecule has 0 aromatic carbocycles. The van der Waals surface area contributed by atoms with Gasteiger partial charge in [-0.05, 0) is 5.57 Å². The summed E-state index contributed by atoms with van der Waals surface area (Å²) in [5.74, 6) is 0. The summed E-state index contributed by atoms with van der Waals surface area (Å²) in [5.41, 5.74) is 1.23. The zero-order valence-corrected chi connectivity index (χ0v) is 8.69. The lowest BCUT2D eigenvalue weighted by Crippen LogP contribution is -2.44. The number of nitrogens with zero attached hydrogens (tertiary/aromatic N) is 2. The molecule has 0 aromatic heterocycles. The van der Waals surface area contributed by atoms with Crippen LogP contribution in [0.25, 0.3) is 0 Å². The Morgan fingerprint density at radius 1 is 1.40 bits per heavy atom. The highest BCUT2D eigenvalue weighted by molar-refractivity contribution is 5.67. The van der Waals surface area contributed by atoms with Crippen LogP contribution in [0.15, 0.2) is 11.6 Å². The Morgan fingerprint density at radius 3 is 2.67 bits per heavy atom. The van der Waals surface area contributed by atoms with Crippen LogP contribution in [0.5, 0.6) is 0 Å². The molecule has 0 aliphatic carbocycles. The summed E-state index contributed by atoms with van der Waals surface area (Å²) >= 11 is 0. The zero-order valence-electron chi connectivity index (χ0n) is 8.69. The highest BCUT2D eigenvalue weighted by Crippen LogP contribution is 2.14. The van der Waals surface area contributed by atoms with Crippen molar-refractivity contribution in [2.45, 2.75) is 0 Å². The van der Waals surface area contributed by atoms with Gasteiger partial charge in [0.15, 0.2) is 0 Å².